The molecule has 0 radical (unpaired) electrons. The van der Waals surface area contributed by atoms with Gasteiger partial charge >= 0.3 is 0 Å². The zero-order chi connectivity index (χ0) is 13.1. The number of thioether (sulfide) groups is 1. The van der Waals surface area contributed by atoms with Crippen LogP contribution >= 0.6 is 11.8 Å². The third-order valence-electron chi connectivity index (χ3n) is 2.45. The van der Waals surface area contributed by atoms with Crippen LogP contribution in [0.1, 0.15) is 27.3 Å². The van der Waals surface area contributed by atoms with Gasteiger partial charge in [0.1, 0.15) is 5.82 Å². The molecule has 5 heteroatoms. The number of rotatable bonds is 4. The molecule has 1 N–H and O–H groups in total. The highest BCUT2D eigenvalue weighted by molar-refractivity contribution is 7.99. The van der Waals surface area contributed by atoms with E-state index in [1.54, 1.807) is 0 Å². The van der Waals surface area contributed by atoms with Gasteiger partial charge in [-0.2, -0.15) is 0 Å². The summed E-state index contributed by atoms with van der Waals surface area (Å²) in [5.41, 5.74) is 2.97. The number of aromatic nitrogens is 3. The molecule has 0 atom stereocenters. The normalized spacial score (nSPS) is 10.6. The topological polar surface area (TPSA) is 58.6 Å². The highest BCUT2D eigenvalue weighted by atomic mass is 32.2. The molecular formula is C13H15N3OS. The monoisotopic (exact) mass is 261 g/mol. The summed E-state index contributed by atoms with van der Waals surface area (Å²) >= 11 is 1.35. The molecule has 0 aliphatic rings. The molecule has 0 spiro atoms. The fourth-order valence-corrected chi connectivity index (χ4v) is 2.47. The van der Waals surface area contributed by atoms with Crippen LogP contribution in [0.4, 0.5) is 0 Å². The summed E-state index contributed by atoms with van der Waals surface area (Å²) < 4.78 is 0. The van der Waals surface area contributed by atoms with Crippen LogP contribution in [-0.4, -0.2) is 26.7 Å². The number of ketones is 1. The van der Waals surface area contributed by atoms with Crippen LogP contribution in [-0.2, 0) is 0 Å². The summed E-state index contributed by atoms with van der Waals surface area (Å²) in [5.74, 6) is 1.23. The van der Waals surface area contributed by atoms with Crippen molar-refractivity contribution in [2.45, 2.75) is 25.9 Å². The average Bonchev–Trinajstić information content (AvgIpc) is 2.70. The summed E-state index contributed by atoms with van der Waals surface area (Å²) in [5, 5.41) is 7.36. The zero-order valence-electron chi connectivity index (χ0n) is 10.7. The molecule has 0 saturated carbocycles. The predicted octanol–water partition coefficient (Wildman–Crippen LogP) is 2.70. The molecule has 2 rings (SSSR count). The smallest absolute Gasteiger partial charge is 0.208 e. The Hall–Kier alpha value is -1.62. The molecule has 0 bridgehead atoms. The largest absolute Gasteiger partial charge is 0.293 e. The van der Waals surface area contributed by atoms with Crippen LogP contribution in [0.25, 0.3) is 0 Å². The standard InChI is InChI=1S/C13H15N3OS/c1-8-4-9(2)6-11(5-8)12(17)7-18-13-14-10(3)15-16-13/h4-6H,7H2,1-3H3,(H,14,15,16). The van der Waals surface area contributed by atoms with Crippen molar-refractivity contribution in [1.82, 2.24) is 15.2 Å². The Bertz CT molecular complexity index is 557. The first-order valence-electron chi connectivity index (χ1n) is 5.68. The summed E-state index contributed by atoms with van der Waals surface area (Å²) in [7, 11) is 0. The number of aromatic amines is 1. The third-order valence-corrected chi connectivity index (χ3v) is 3.30. The minimum absolute atomic E-state index is 0.106. The first kappa shape index (κ1) is 12.8. The van der Waals surface area contributed by atoms with Crippen molar-refractivity contribution in [2.24, 2.45) is 0 Å². The zero-order valence-corrected chi connectivity index (χ0v) is 11.5. The van der Waals surface area contributed by atoms with Crippen molar-refractivity contribution < 1.29 is 4.79 Å². The summed E-state index contributed by atoms with van der Waals surface area (Å²) in [6.07, 6.45) is 0. The Labute approximate surface area is 110 Å². The highest BCUT2D eigenvalue weighted by Gasteiger charge is 2.09. The number of nitrogens with zero attached hydrogens (tertiary/aromatic N) is 2. The molecule has 0 amide bonds. The molecule has 4 nitrogen and oxygen atoms in total. The van der Waals surface area contributed by atoms with Crippen molar-refractivity contribution in [3.63, 3.8) is 0 Å². The van der Waals surface area contributed by atoms with Gasteiger partial charge in [-0.1, -0.05) is 29.0 Å². The maximum atomic E-state index is 12.0. The number of nitrogens with one attached hydrogen (secondary N) is 1. The van der Waals surface area contributed by atoms with Gasteiger partial charge in [-0.3, -0.25) is 9.89 Å². The fourth-order valence-electron chi connectivity index (χ4n) is 1.74. The van der Waals surface area contributed by atoms with E-state index in [0.717, 1.165) is 22.5 Å². The molecule has 2 aromatic rings. The van der Waals surface area contributed by atoms with Crippen LogP contribution in [0.5, 0.6) is 0 Å². The Morgan fingerprint density at radius 2 is 1.89 bits per heavy atom. The van der Waals surface area contributed by atoms with Crippen LogP contribution in [0.3, 0.4) is 0 Å². The van der Waals surface area contributed by atoms with Gasteiger partial charge in [0.25, 0.3) is 0 Å². The second kappa shape index (κ2) is 5.35. The lowest BCUT2D eigenvalue weighted by Gasteiger charge is -2.03. The van der Waals surface area contributed by atoms with Gasteiger partial charge in [0.2, 0.25) is 5.16 Å². The maximum Gasteiger partial charge on any atom is 0.208 e. The number of hydrogen-bond acceptors (Lipinski definition) is 4. The molecule has 0 aliphatic carbocycles. The van der Waals surface area contributed by atoms with Crippen molar-refractivity contribution in [1.29, 1.82) is 0 Å². The van der Waals surface area contributed by atoms with E-state index in [4.69, 9.17) is 0 Å². The van der Waals surface area contributed by atoms with E-state index in [1.165, 1.54) is 11.8 Å². The SMILES string of the molecule is Cc1cc(C)cc(C(=O)CSc2n[nH]c(C)n2)c1. The van der Waals surface area contributed by atoms with Crippen LogP contribution < -0.4 is 0 Å². The average molecular weight is 261 g/mol. The molecule has 0 aliphatic heterocycles. The third kappa shape index (κ3) is 3.20. The second-order valence-corrected chi connectivity index (χ2v) is 5.23. The molecule has 0 unspecified atom stereocenters. The Morgan fingerprint density at radius 1 is 1.22 bits per heavy atom. The van der Waals surface area contributed by atoms with Gasteiger partial charge in [0, 0.05) is 5.56 Å². The Morgan fingerprint density at radius 3 is 2.44 bits per heavy atom. The maximum absolute atomic E-state index is 12.0. The van der Waals surface area contributed by atoms with E-state index in [2.05, 4.69) is 21.2 Å². The van der Waals surface area contributed by atoms with Gasteiger partial charge < -0.3 is 0 Å². The lowest BCUT2D eigenvalue weighted by Crippen LogP contribution is -2.03. The van der Waals surface area contributed by atoms with Crippen LogP contribution in [0.2, 0.25) is 0 Å². The minimum Gasteiger partial charge on any atom is -0.293 e. The number of aryl methyl sites for hydroxylation is 3. The number of carbonyl (C=O) groups excluding carboxylic acids is 1. The first-order chi connectivity index (χ1) is 8.54. The molecule has 94 valence electrons. The van der Waals surface area contributed by atoms with Crippen LogP contribution in [0, 0.1) is 20.8 Å². The van der Waals surface area contributed by atoms with Gasteiger partial charge in [0.15, 0.2) is 5.78 Å². The summed E-state index contributed by atoms with van der Waals surface area (Å²) in [6, 6.07) is 5.89. The van der Waals surface area contributed by atoms with Crippen molar-refractivity contribution in [3.05, 3.63) is 40.7 Å². The Kier molecular flexibility index (Phi) is 3.81. The van der Waals surface area contributed by atoms with E-state index in [1.807, 2.05) is 32.9 Å². The van der Waals surface area contributed by atoms with Crippen molar-refractivity contribution >= 4 is 17.5 Å². The van der Waals surface area contributed by atoms with E-state index < -0.39 is 0 Å². The number of hydrogen-bond donors (Lipinski definition) is 1. The second-order valence-electron chi connectivity index (χ2n) is 4.29. The minimum atomic E-state index is 0.106. The molecule has 0 fully saturated rings. The van der Waals surface area contributed by atoms with Crippen molar-refractivity contribution in [3.8, 4) is 0 Å². The number of benzene rings is 1. The first-order valence-corrected chi connectivity index (χ1v) is 6.66. The highest BCUT2D eigenvalue weighted by Crippen LogP contribution is 2.16. The summed E-state index contributed by atoms with van der Waals surface area (Å²) in [6.45, 7) is 5.83. The quantitative estimate of drug-likeness (QED) is 0.679. The molecule has 0 saturated heterocycles. The predicted molar refractivity (Wildman–Crippen MR) is 72.1 cm³/mol. The molecule has 1 heterocycles. The van der Waals surface area contributed by atoms with E-state index in [-0.39, 0.29) is 5.78 Å². The van der Waals surface area contributed by atoms with E-state index >= 15 is 0 Å². The van der Waals surface area contributed by atoms with Gasteiger partial charge in [0.05, 0.1) is 5.75 Å². The number of H-pyrrole nitrogens is 1. The van der Waals surface area contributed by atoms with Crippen molar-refractivity contribution in [2.75, 3.05) is 5.75 Å². The van der Waals surface area contributed by atoms with Gasteiger partial charge in [-0.05, 0) is 32.9 Å². The molecular weight excluding hydrogens is 246 g/mol. The summed E-state index contributed by atoms with van der Waals surface area (Å²) in [4.78, 5) is 16.2. The van der Waals surface area contributed by atoms with Gasteiger partial charge in [-0.25, -0.2) is 4.98 Å². The number of Topliss-reactive ketones (excluding diaryl/α,β-unsaturated/α-hetero) is 1. The lowest BCUT2D eigenvalue weighted by atomic mass is 10.1. The van der Waals surface area contributed by atoms with E-state index in [0.29, 0.717) is 10.9 Å². The molecule has 1 aromatic carbocycles. The fraction of sp³-hybridized carbons (Fsp3) is 0.308. The molecule has 18 heavy (non-hydrogen) atoms. The Balaban J connectivity index is 2.03. The lowest BCUT2D eigenvalue weighted by molar-refractivity contribution is 0.102. The van der Waals surface area contributed by atoms with Crippen LogP contribution in [0.15, 0.2) is 23.4 Å². The number of carbonyl (C=O) groups is 1. The van der Waals surface area contributed by atoms with Gasteiger partial charge in [-0.15, -0.1) is 5.10 Å². The van der Waals surface area contributed by atoms with E-state index in [9.17, 15) is 4.79 Å². The molecule has 1 aromatic heterocycles.